The Bertz CT molecular complexity index is 295. The van der Waals surface area contributed by atoms with Gasteiger partial charge in [-0.15, -0.1) is 0 Å². The third kappa shape index (κ3) is 4.34. The molecule has 0 heterocycles. The molecule has 2 heteroatoms. The topological polar surface area (TPSA) is 38.0 Å². The average Bonchev–Trinajstić information content (AvgIpc) is 2.23. The Morgan fingerprint density at radius 3 is 2.73 bits per heavy atom. The molecule has 15 heavy (non-hydrogen) atoms. The van der Waals surface area contributed by atoms with Crippen molar-refractivity contribution in [1.82, 2.24) is 5.32 Å². The molecule has 0 atom stereocenters. The lowest BCUT2D eigenvalue weighted by atomic mass is 10.1. The van der Waals surface area contributed by atoms with Crippen molar-refractivity contribution in [2.24, 2.45) is 0 Å². The van der Waals surface area contributed by atoms with Gasteiger partial charge >= 0.3 is 0 Å². The summed E-state index contributed by atoms with van der Waals surface area (Å²) in [6, 6.07) is 6.33. The molecule has 1 rings (SSSR count). The number of hydrogen-bond acceptors (Lipinski definition) is 2. The number of rotatable bonds is 6. The maximum Gasteiger partial charge on any atom is 0.0346 e. The van der Waals surface area contributed by atoms with E-state index in [1.165, 1.54) is 18.4 Å². The molecule has 1 aromatic rings. The van der Waals surface area contributed by atoms with Crippen LogP contribution in [0.5, 0.6) is 0 Å². The summed E-state index contributed by atoms with van der Waals surface area (Å²) >= 11 is 0. The Labute approximate surface area is 92.9 Å². The van der Waals surface area contributed by atoms with Crippen LogP contribution in [-0.4, -0.2) is 13.1 Å². The van der Waals surface area contributed by atoms with Gasteiger partial charge in [-0.2, -0.15) is 0 Å². The first-order valence-electron chi connectivity index (χ1n) is 5.79. The molecule has 0 saturated heterocycles. The summed E-state index contributed by atoms with van der Waals surface area (Å²) in [6.07, 6.45) is 3.58. The lowest BCUT2D eigenvalue weighted by Gasteiger charge is -2.06. The molecule has 0 saturated carbocycles. The predicted octanol–water partition coefficient (Wildman–Crippen LogP) is 2.51. The summed E-state index contributed by atoms with van der Waals surface area (Å²) in [5.74, 6) is 0. The molecule has 0 aliphatic carbocycles. The van der Waals surface area contributed by atoms with Gasteiger partial charge in [0.1, 0.15) is 0 Å². The van der Waals surface area contributed by atoms with Crippen LogP contribution < -0.4 is 11.1 Å². The molecule has 0 spiro atoms. The van der Waals surface area contributed by atoms with E-state index < -0.39 is 0 Å². The number of nitrogens with one attached hydrogen (secondary N) is 1. The summed E-state index contributed by atoms with van der Waals surface area (Å²) in [7, 11) is 0. The SMILES string of the molecule is CCCCNCCc1ccc(C)c(N)c1. The van der Waals surface area contributed by atoms with Crippen molar-refractivity contribution >= 4 is 5.69 Å². The quantitative estimate of drug-likeness (QED) is 0.554. The summed E-state index contributed by atoms with van der Waals surface area (Å²) in [5.41, 5.74) is 9.24. The number of benzene rings is 1. The number of nitrogen functional groups attached to an aromatic ring is 1. The lowest BCUT2D eigenvalue weighted by molar-refractivity contribution is 0.640. The first kappa shape index (κ1) is 12.1. The predicted molar refractivity (Wildman–Crippen MR) is 67.1 cm³/mol. The molecule has 2 nitrogen and oxygen atoms in total. The highest BCUT2D eigenvalue weighted by atomic mass is 14.8. The van der Waals surface area contributed by atoms with Gasteiger partial charge in [0.2, 0.25) is 0 Å². The minimum atomic E-state index is 0.904. The van der Waals surface area contributed by atoms with Gasteiger partial charge in [-0.3, -0.25) is 0 Å². The van der Waals surface area contributed by atoms with E-state index in [2.05, 4.69) is 30.4 Å². The highest BCUT2D eigenvalue weighted by molar-refractivity contribution is 5.48. The number of nitrogens with two attached hydrogens (primary N) is 1. The van der Waals surface area contributed by atoms with Gasteiger partial charge in [0, 0.05) is 5.69 Å². The van der Waals surface area contributed by atoms with Gasteiger partial charge in [0.15, 0.2) is 0 Å². The van der Waals surface area contributed by atoms with Crippen LogP contribution in [0.3, 0.4) is 0 Å². The maximum atomic E-state index is 5.85. The molecule has 0 aliphatic rings. The number of hydrogen-bond donors (Lipinski definition) is 2. The Morgan fingerprint density at radius 2 is 2.07 bits per heavy atom. The molecule has 0 bridgehead atoms. The van der Waals surface area contributed by atoms with E-state index in [0.717, 1.165) is 30.8 Å². The van der Waals surface area contributed by atoms with E-state index in [4.69, 9.17) is 5.73 Å². The summed E-state index contributed by atoms with van der Waals surface area (Å²) < 4.78 is 0. The van der Waals surface area contributed by atoms with Crippen LogP contribution in [0.25, 0.3) is 0 Å². The zero-order chi connectivity index (χ0) is 11.1. The van der Waals surface area contributed by atoms with Crippen molar-refractivity contribution in [1.29, 1.82) is 0 Å². The van der Waals surface area contributed by atoms with E-state index in [-0.39, 0.29) is 0 Å². The van der Waals surface area contributed by atoms with Gasteiger partial charge in [-0.25, -0.2) is 0 Å². The minimum Gasteiger partial charge on any atom is -0.399 e. The molecule has 0 unspecified atom stereocenters. The van der Waals surface area contributed by atoms with Crippen molar-refractivity contribution < 1.29 is 0 Å². The van der Waals surface area contributed by atoms with E-state index >= 15 is 0 Å². The largest absolute Gasteiger partial charge is 0.399 e. The third-order valence-corrected chi connectivity index (χ3v) is 2.64. The fraction of sp³-hybridized carbons (Fsp3) is 0.538. The Hall–Kier alpha value is -1.02. The van der Waals surface area contributed by atoms with Crippen LogP contribution in [-0.2, 0) is 6.42 Å². The molecule has 0 radical (unpaired) electrons. The average molecular weight is 206 g/mol. The fourth-order valence-corrected chi connectivity index (χ4v) is 1.50. The zero-order valence-corrected chi connectivity index (χ0v) is 9.84. The number of anilines is 1. The van der Waals surface area contributed by atoms with Crippen molar-refractivity contribution in [3.05, 3.63) is 29.3 Å². The van der Waals surface area contributed by atoms with Crippen LogP contribution in [0.1, 0.15) is 30.9 Å². The highest BCUT2D eigenvalue weighted by Crippen LogP contribution is 2.12. The molecular weight excluding hydrogens is 184 g/mol. The zero-order valence-electron chi connectivity index (χ0n) is 9.84. The second-order valence-corrected chi connectivity index (χ2v) is 4.04. The smallest absolute Gasteiger partial charge is 0.0346 e. The van der Waals surface area contributed by atoms with Crippen LogP contribution >= 0.6 is 0 Å². The van der Waals surface area contributed by atoms with Crippen LogP contribution in [0.15, 0.2) is 18.2 Å². The molecular formula is C13H22N2. The van der Waals surface area contributed by atoms with Crippen LogP contribution in [0.2, 0.25) is 0 Å². The van der Waals surface area contributed by atoms with Crippen molar-refractivity contribution in [2.45, 2.75) is 33.1 Å². The van der Waals surface area contributed by atoms with E-state index in [1.807, 2.05) is 6.92 Å². The second-order valence-electron chi connectivity index (χ2n) is 4.04. The molecule has 0 amide bonds. The van der Waals surface area contributed by atoms with Crippen molar-refractivity contribution in [3.8, 4) is 0 Å². The third-order valence-electron chi connectivity index (χ3n) is 2.64. The molecule has 0 fully saturated rings. The molecule has 3 N–H and O–H groups in total. The Balaban J connectivity index is 2.28. The van der Waals surface area contributed by atoms with Crippen LogP contribution in [0.4, 0.5) is 5.69 Å². The monoisotopic (exact) mass is 206 g/mol. The van der Waals surface area contributed by atoms with Gasteiger partial charge < -0.3 is 11.1 Å². The van der Waals surface area contributed by atoms with Crippen LogP contribution in [0, 0.1) is 6.92 Å². The van der Waals surface area contributed by atoms with Gasteiger partial charge in [-0.05, 0) is 50.0 Å². The molecule has 0 aromatic heterocycles. The lowest BCUT2D eigenvalue weighted by Crippen LogP contribution is -2.18. The first-order valence-corrected chi connectivity index (χ1v) is 5.79. The molecule has 1 aromatic carbocycles. The maximum absolute atomic E-state index is 5.85. The fourth-order valence-electron chi connectivity index (χ4n) is 1.50. The standard InChI is InChI=1S/C13H22N2/c1-3-4-8-15-9-7-12-6-5-11(2)13(14)10-12/h5-6,10,15H,3-4,7-9,14H2,1-2H3. The van der Waals surface area contributed by atoms with Crippen molar-refractivity contribution in [3.63, 3.8) is 0 Å². The van der Waals surface area contributed by atoms with Gasteiger partial charge in [-0.1, -0.05) is 25.5 Å². The van der Waals surface area contributed by atoms with Gasteiger partial charge in [0.25, 0.3) is 0 Å². The van der Waals surface area contributed by atoms with Crippen molar-refractivity contribution in [2.75, 3.05) is 18.8 Å². The first-order chi connectivity index (χ1) is 7.24. The normalized spacial score (nSPS) is 10.5. The Morgan fingerprint density at radius 1 is 1.27 bits per heavy atom. The van der Waals surface area contributed by atoms with Gasteiger partial charge in [0.05, 0.1) is 0 Å². The summed E-state index contributed by atoms with van der Waals surface area (Å²) in [5, 5.41) is 3.43. The molecule has 84 valence electrons. The molecule has 0 aliphatic heterocycles. The van der Waals surface area contributed by atoms with E-state index in [0.29, 0.717) is 0 Å². The Kier molecular flexibility index (Phi) is 5.19. The summed E-state index contributed by atoms with van der Waals surface area (Å²) in [4.78, 5) is 0. The number of aryl methyl sites for hydroxylation is 1. The van der Waals surface area contributed by atoms with E-state index in [9.17, 15) is 0 Å². The second kappa shape index (κ2) is 6.46. The highest BCUT2D eigenvalue weighted by Gasteiger charge is 1.96. The van der Waals surface area contributed by atoms with E-state index in [1.54, 1.807) is 0 Å². The number of unbranched alkanes of at least 4 members (excludes halogenated alkanes) is 1. The minimum absolute atomic E-state index is 0.904. The summed E-state index contributed by atoms with van der Waals surface area (Å²) in [6.45, 7) is 6.42.